The van der Waals surface area contributed by atoms with E-state index in [2.05, 4.69) is 37.5 Å². The molecule has 2 fully saturated rings. The summed E-state index contributed by atoms with van der Waals surface area (Å²) >= 11 is 0. The number of rotatable bonds is 5. The Labute approximate surface area is 137 Å². The third-order valence-corrected chi connectivity index (χ3v) is 6.06. The Hall–Kier alpha value is -0.160. The van der Waals surface area contributed by atoms with Gasteiger partial charge in [0.1, 0.15) is 0 Å². The zero-order valence-corrected chi connectivity index (χ0v) is 15.3. The van der Waals surface area contributed by atoms with E-state index >= 15 is 0 Å². The van der Waals surface area contributed by atoms with Gasteiger partial charge in [-0.1, -0.05) is 0 Å². The molecule has 2 aliphatic rings. The number of hydrogen-bond acceptors (Lipinski definition) is 4. The molecule has 4 heteroatoms. The van der Waals surface area contributed by atoms with Gasteiger partial charge in [0.2, 0.25) is 0 Å². The zero-order chi connectivity index (χ0) is 16.4. The average Bonchev–Trinajstić information content (AvgIpc) is 2.46. The van der Waals surface area contributed by atoms with Crippen LogP contribution >= 0.6 is 0 Å². The number of hydrogen-bond donors (Lipinski definition) is 2. The SMILES string of the molecule is CC(C)(CCC(C)(C)N1CCCC(N)C1)N1CCC(N)CC1. The molecule has 130 valence electrons. The minimum atomic E-state index is 0.251. The molecule has 0 amide bonds. The summed E-state index contributed by atoms with van der Waals surface area (Å²) in [7, 11) is 0. The fourth-order valence-electron chi connectivity index (χ4n) is 3.99. The van der Waals surface area contributed by atoms with Crippen molar-refractivity contribution in [2.24, 2.45) is 11.5 Å². The van der Waals surface area contributed by atoms with Crippen LogP contribution in [0.1, 0.15) is 66.2 Å². The molecule has 0 saturated carbocycles. The minimum absolute atomic E-state index is 0.251. The minimum Gasteiger partial charge on any atom is -0.328 e. The molecule has 0 aromatic rings. The van der Waals surface area contributed by atoms with E-state index in [0.29, 0.717) is 12.1 Å². The molecular weight excluding hydrogens is 272 g/mol. The van der Waals surface area contributed by atoms with Gasteiger partial charge in [-0.05, 0) is 72.8 Å². The lowest BCUT2D eigenvalue weighted by atomic mass is 9.85. The fourth-order valence-corrected chi connectivity index (χ4v) is 3.99. The normalized spacial score (nSPS) is 27.3. The van der Waals surface area contributed by atoms with Crippen LogP contribution in [0.3, 0.4) is 0 Å². The molecule has 0 aromatic heterocycles. The molecule has 0 aromatic carbocycles. The van der Waals surface area contributed by atoms with E-state index in [1.54, 1.807) is 0 Å². The molecule has 1 atom stereocenters. The van der Waals surface area contributed by atoms with Crippen LogP contribution in [0.25, 0.3) is 0 Å². The maximum absolute atomic E-state index is 6.17. The van der Waals surface area contributed by atoms with Crippen molar-refractivity contribution in [3.8, 4) is 0 Å². The van der Waals surface area contributed by atoms with Crippen LogP contribution in [0.5, 0.6) is 0 Å². The maximum atomic E-state index is 6.17. The molecule has 4 nitrogen and oxygen atoms in total. The van der Waals surface area contributed by atoms with E-state index in [1.165, 1.54) is 32.2 Å². The van der Waals surface area contributed by atoms with Crippen molar-refractivity contribution in [2.45, 2.75) is 89.4 Å². The van der Waals surface area contributed by atoms with Crippen LogP contribution in [-0.4, -0.2) is 59.1 Å². The van der Waals surface area contributed by atoms with E-state index < -0.39 is 0 Å². The first-order valence-electron chi connectivity index (χ1n) is 9.22. The molecular formula is C18H38N4. The smallest absolute Gasteiger partial charge is 0.0168 e. The molecule has 1 unspecified atom stereocenters. The predicted molar refractivity (Wildman–Crippen MR) is 95.0 cm³/mol. The third kappa shape index (κ3) is 4.67. The van der Waals surface area contributed by atoms with Crippen molar-refractivity contribution in [1.29, 1.82) is 0 Å². The van der Waals surface area contributed by atoms with Crippen LogP contribution in [-0.2, 0) is 0 Å². The number of likely N-dealkylation sites (tertiary alicyclic amines) is 2. The summed E-state index contributed by atoms with van der Waals surface area (Å²) in [5.41, 5.74) is 12.7. The molecule has 0 spiro atoms. The summed E-state index contributed by atoms with van der Waals surface area (Å²) in [6.45, 7) is 14.2. The number of piperidine rings is 2. The number of nitrogens with zero attached hydrogens (tertiary/aromatic N) is 2. The molecule has 22 heavy (non-hydrogen) atoms. The highest BCUT2D eigenvalue weighted by atomic mass is 15.2. The predicted octanol–water partition coefficient (Wildman–Crippen LogP) is 2.17. The largest absolute Gasteiger partial charge is 0.328 e. The van der Waals surface area contributed by atoms with Crippen LogP contribution in [0.15, 0.2) is 0 Å². The van der Waals surface area contributed by atoms with Crippen molar-refractivity contribution < 1.29 is 0 Å². The molecule has 0 aliphatic carbocycles. The van der Waals surface area contributed by atoms with E-state index in [-0.39, 0.29) is 11.1 Å². The standard InChI is InChI=1S/C18H38N4/c1-17(2,21-12-7-15(19)8-13-21)9-10-18(3,4)22-11-5-6-16(20)14-22/h15-16H,5-14,19-20H2,1-4H3. The summed E-state index contributed by atoms with van der Waals surface area (Å²) in [6.07, 6.45) is 7.20. The highest BCUT2D eigenvalue weighted by Gasteiger charge is 2.35. The van der Waals surface area contributed by atoms with Gasteiger partial charge in [-0.25, -0.2) is 0 Å². The summed E-state index contributed by atoms with van der Waals surface area (Å²) < 4.78 is 0. The Bertz CT molecular complexity index is 345. The van der Waals surface area contributed by atoms with E-state index in [1.807, 2.05) is 0 Å². The fraction of sp³-hybridized carbons (Fsp3) is 1.00. The monoisotopic (exact) mass is 310 g/mol. The van der Waals surface area contributed by atoms with Gasteiger partial charge >= 0.3 is 0 Å². The van der Waals surface area contributed by atoms with Crippen LogP contribution in [0.2, 0.25) is 0 Å². The number of nitrogens with two attached hydrogens (primary N) is 2. The van der Waals surface area contributed by atoms with Gasteiger partial charge in [0.15, 0.2) is 0 Å². The van der Waals surface area contributed by atoms with Gasteiger partial charge in [-0.2, -0.15) is 0 Å². The van der Waals surface area contributed by atoms with Gasteiger partial charge in [0, 0.05) is 42.8 Å². The summed E-state index contributed by atoms with van der Waals surface area (Å²) in [4.78, 5) is 5.26. The first kappa shape index (κ1) is 18.2. The van der Waals surface area contributed by atoms with Crippen LogP contribution in [0, 0.1) is 0 Å². The highest BCUT2D eigenvalue weighted by Crippen LogP contribution is 2.31. The Kier molecular flexibility index (Phi) is 5.92. The Balaban J connectivity index is 1.86. The molecule has 2 rings (SSSR count). The second kappa shape index (κ2) is 7.16. The maximum Gasteiger partial charge on any atom is 0.0168 e. The quantitative estimate of drug-likeness (QED) is 0.817. The summed E-state index contributed by atoms with van der Waals surface area (Å²) in [5, 5.41) is 0. The first-order chi connectivity index (χ1) is 10.2. The lowest BCUT2D eigenvalue weighted by Crippen LogP contribution is -2.55. The Morgan fingerprint density at radius 1 is 0.773 bits per heavy atom. The van der Waals surface area contributed by atoms with Crippen molar-refractivity contribution in [2.75, 3.05) is 26.2 Å². The van der Waals surface area contributed by atoms with Gasteiger partial charge in [0.25, 0.3) is 0 Å². The van der Waals surface area contributed by atoms with Gasteiger partial charge in [-0.15, -0.1) is 0 Å². The zero-order valence-electron chi connectivity index (χ0n) is 15.3. The third-order valence-electron chi connectivity index (χ3n) is 6.06. The molecule has 2 aliphatic heterocycles. The highest BCUT2D eigenvalue weighted by molar-refractivity contribution is 4.92. The topological polar surface area (TPSA) is 58.5 Å². The Morgan fingerprint density at radius 3 is 1.86 bits per heavy atom. The average molecular weight is 311 g/mol. The van der Waals surface area contributed by atoms with Gasteiger partial charge < -0.3 is 11.5 Å². The molecule has 4 N–H and O–H groups in total. The summed E-state index contributed by atoms with van der Waals surface area (Å²) in [5.74, 6) is 0. The molecule has 2 heterocycles. The van der Waals surface area contributed by atoms with E-state index in [4.69, 9.17) is 11.5 Å². The van der Waals surface area contributed by atoms with Gasteiger partial charge in [0.05, 0.1) is 0 Å². The first-order valence-corrected chi connectivity index (χ1v) is 9.22. The lowest BCUT2D eigenvalue weighted by molar-refractivity contribution is 0.0399. The molecule has 0 bridgehead atoms. The second-order valence-electron chi connectivity index (χ2n) is 8.80. The van der Waals surface area contributed by atoms with Crippen molar-refractivity contribution in [3.63, 3.8) is 0 Å². The van der Waals surface area contributed by atoms with Crippen molar-refractivity contribution >= 4 is 0 Å². The summed E-state index contributed by atoms with van der Waals surface area (Å²) in [6, 6.07) is 0.781. The van der Waals surface area contributed by atoms with Crippen LogP contribution < -0.4 is 11.5 Å². The lowest BCUT2D eigenvalue weighted by Gasteiger charge is -2.47. The Morgan fingerprint density at radius 2 is 1.32 bits per heavy atom. The van der Waals surface area contributed by atoms with Crippen molar-refractivity contribution in [3.05, 3.63) is 0 Å². The van der Waals surface area contributed by atoms with Gasteiger partial charge in [-0.3, -0.25) is 9.80 Å². The van der Waals surface area contributed by atoms with E-state index in [9.17, 15) is 0 Å². The van der Waals surface area contributed by atoms with E-state index in [0.717, 1.165) is 32.5 Å². The molecule has 0 radical (unpaired) electrons. The van der Waals surface area contributed by atoms with Crippen molar-refractivity contribution in [1.82, 2.24) is 9.80 Å². The molecule has 2 saturated heterocycles. The van der Waals surface area contributed by atoms with Crippen LogP contribution in [0.4, 0.5) is 0 Å². The second-order valence-corrected chi connectivity index (χ2v) is 8.80.